The van der Waals surface area contributed by atoms with Gasteiger partial charge in [-0.15, -0.1) is 9.24 Å². The van der Waals surface area contributed by atoms with Gasteiger partial charge in [0.25, 0.3) is 0 Å². The third-order valence-electron chi connectivity index (χ3n) is 1.25. The molecule has 0 saturated carbocycles. The fourth-order valence-corrected chi connectivity index (χ4v) is 0.887. The van der Waals surface area contributed by atoms with Crippen LogP contribution in [0.25, 0.3) is 0 Å². The van der Waals surface area contributed by atoms with Crippen LogP contribution in [0, 0.1) is 0 Å². The molecule has 0 spiro atoms. The van der Waals surface area contributed by atoms with Crippen LogP contribution in [0.2, 0.25) is 0 Å². The van der Waals surface area contributed by atoms with Gasteiger partial charge in [-0.05, 0) is 20.5 Å². The van der Waals surface area contributed by atoms with Crippen molar-refractivity contribution in [2.75, 3.05) is 14.1 Å². The molecule has 0 aliphatic heterocycles. The maximum atomic E-state index is 2.82. The van der Waals surface area contributed by atoms with E-state index in [2.05, 4.69) is 35.2 Å². The molecule has 0 amide bonds. The van der Waals surface area contributed by atoms with E-state index in [9.17, 15) is 0 Å². The van der Waals surface area contributed by atoms with Crippen LogP contribution < -0.4 is 0 Å². The molecular weight excluding hydrogens is 117 g/mol. The van der Waals surface area contributed by atoms with Crippen molar-refractivity contribution in [2.24, 2.45) is 0 Å². The van der Waals surface area contributed by atoms with E-state index < -0.39 is 0 Å². The van der Waals surface area contributed by atoms with Gasteiger partial charge in [0.2, 0.25) is 0 Å². The van der Waals surface area contributed by atoms with Gasteiger partial charge >= 0.3 is 0 Å². The SMILES string of the molecule is CCCC(P)N(C)C. The second kappa shape index (κ2) is 4.29. The van der Waals surface area contributed by atoms with Crippen molar-refractivity contribution in [3.8, 4) is 0 Å². The van der Waals surface area contributed by atoms with Gasteiger partial charge in [-0.25, -0.2) is 0 Å². The number of nitrogens with zero attached hydrogens (tertiary/aromatic N) is 1. The Labute approximate surface area is 54.7 Å². The van der Waals surface area contributed by atoms with Crippen LogP contribution in [0.15, 0.2) is 0 Å². The molecule has 2 heteroatoms. The predicted molar refractivity (Wildman–Crippen MR) is 42.1 cm³/mol. The Morgan fingerprint density at radius 2 is 2.00 bits per heavy atom. The maximum absolute atomic E-state index is 2.82. The molecule has 0 bridgehead atoms. The quantitative estimate of drug-likeness (QED) is 0.528. The van der Waals surface area contributed by atoms with Gasteiger partial charge in [-0.2, -0.15) is 0 Å². The third-order valence-corrected chi connectivity index (χ3v) is 2.18. The van der Waals surface area contributed by atoms with Crippen molar-refractivity contribution >= 4 is 9.24 Å². The summed E-state index contributed by atoms with van der Waals surface area (Å²) in [6.07, 6.45) is 2.55. The van der Waals surface area contributed by atoms with E-state index in [1.165, 1.54) is 12.8 Å². The molecule has 0 aromatic rings. The van der Waals surface area contributed by atoms with Crippen molar-refractivity contribution in [1.82, 2.24) is 4.90 Å². The Morgan fingerprint density at radius 1 is 1.50 bits per heavy atom. The lowest BCUT2D eigenvalue weighted by Gasteiger charge is -2.17. The summed E-state index contributed by atoms with van der Waals surface area (Å²) in [5, 5.41) is 0. The summed E-state index contributed by atoms with van der Waals surface area (Å²) in [5.74, 6) is 0.667. The maximum Gasteiger partial charge on any atom is 0.0233 e. The minimum absolute atomic E-state index is 0.667. The summed E-state index contributed by atoms with van der Waals surface area (Å²) in [6.45, 7) is 2.21. The molecule has 0 fully saturated rings. The molecule has 0 aromatic heterocycles. The smallest absolute Gasteiger partial charge is 0.0233 e. The molecule has 2 atom stereocenters. The molecular formula is C6H16NP. The monoisotopic (exact) mass is 133 g/mol. The van der Waals surface area contributed by atoms with Crippen molar-refractivity contribution in [3.05, 3.63) is 0 Å². The highest BCUT2D eigenvalue weighted by atomic mass is 31.0. The summed E-state index contributed by atoms with van der Waals surface area (Å²) in [6, 6.07) is 0. The first-order valence-electron chi connectivity index (χ1n) is 3.10. The lowest BCUT2D eigenvalue weighted by Crippen LogP contribution is -2.20. The second-order valence-electron chi connectivity index (χ2n) is 2.32. The zero-order valence-electron chi connectivity index (χ0n) is 6.02. The largest absolute Gasteiger partial charge is 0.303 e. The number of hydrogen-bond acceptors (Lipinski definition) is 1. The van der Waals surface area contributed by atoms with Crippen LogP contribution in [0.3, 0.4) is 0 Å². The highest BCUT2D eigenvalue weighted by Crippen LogP contribution is 2.08. The summed E-state index contributed by atoms with van der Waals surface area (Å²) < 4.78 is 0. The first kappa shape index (κ1) is 8.39. The van der Waals surface area contributed by atoms with Crippen LogP contribution >= 0.6 is 9.24 Å². The lowest BCUT2D eigenvalue weighted by molar-refractivity contribution is 0.364. The molecule has 0 aliphatic rings. The van der Waals surface area contributed by atoms with E-state index in [0.717, 1.165) is 0 Å². The normalized spacial score (nSPS) is 14.6. The molecule has 1 nitrogen and oxygen atoms in total. The summed E-state index contributed by atoms with van der Waals surface area (Å²) >= 11 is 0. The highest BCUT2D eigenvalue weighted by molar-refractivity contribution is 7.17. The van der Waals surface area contributed by atoms with Gasteiger partial charge in [-0.1, -0.05) is 13.3 Å². The predicted octanol–water partition coefficient (Wildman–Crippen LogP) is 1.55. The van der Waals surface area contributed by atoms with Gasteiger partial charge in [-0.3, -0.25) is 0 Å². The first-order chi connectivity index (χ1) is 3.68. The average Bonchev–Trinajstić information content (AvgIpc) is 1.67. The lowest BCUT2D eigenvalue weighted by atomic mass is 10.3. The summed E-state index contributed by atoms with van der Waals surface area (Å²) in [4.78, 5) is 2.22. The zero-order chi connectivity index (χ0) is 6.57. The number of rotatable bonds is 3. The molecule has 0 rings (SSSR count). The fourth-order valence-electron chi connectivity index (χ4n) is 0.554. The van der Waals surface area contributed by atoms with E-state index in [1.807, 2.05) is 0 Å². The molecule has 0 aromatic carbocycles. The van der Waals surface area contributed by atoms with Crippen LogP contribution in [0.4, 0.5) is 0 Å². The Kier molecular flexibility index (Phi) is 4.50. The first-order valence-corrected chi connectivity index (χ1v) is 3.77. The summed E-state index contributed by atoms with van der Waals surface area (Å²) in [5.41, 5.74) is 0. The van der Waals surface area contributed by atoms with Crippen LogP contribution in [-0.2, 0) is 0 Å². The van der Waals surface area contributed by atoms with Crippen molar-refractivity contribution < 1.29 is 0 Å². The van der Waals surface area contributed by atoms with Crippen LogP contribution in [0.1, 0.15) is 19.8 Å². The third kappa shape index (κ3) is 3.40. The number of hydrogen-bond donors (Lipinski definition) is 0. The average molecular weight is 133 g/mol. The van der Waals surface area contributed by atoms with Gasteiger partial charge in [0.05, 0.1) is 0 Å². The molecule has 0 heterocycles. The Morgan fingerprint density at radius 3 is 2.12 bits per heavy atom. The Balaban J connectivity index is 3.17. The van der Waals surface area contributed by atoms with Gasteiger partial charge in [0, 0.05) is 5.78 Å². The Bertz CT molecular complexity index is 54.5. The van der Waals surface area contributed by atoms with Crippen LogP contribution in [0.5, 0.6) is 0 Å². The molecule has 0 saturated heterocycles. The zero-order valence-corrected chi connectivity index (χ0v) is 7.17. The van der Waals surface area contributed by atoms with Crippen molar-refractivity contribution in [3.63, 3.8) is 0 Å². The van der Waals surface area contributed by atoms with E-state index in [-0.39, 0.29) is 0 Å². The van der Waals surface area contributed by atoms with Crippen molar-refractivity contribution in [2.45, 2.75) is 25.5 Å². The molecule has 0 radical (unpaired) electrons. The fraction of sp³-hybridized carbons (Fsp3) is 1.00. The van der Waals surface area contributed by atoms with Gasteiger partial charge in [0.15, 0.2) is 0 Å². The highest BCUT2D eigenvalue weighted by Gasteiger charge is 1.99. The van der Waals surface area contributed by atoms with E-state index in [4.69, 9.17) is 0 Å². The molecule has 0 N–H and O–H groups in total. The minimum Gasteiger partial charge on any atom is -0.303 e. The van der Waals surface area contributed by atoms with Crippen molar-refractivity contribution in [1.29, 1.82) is 0 Å². The molecule has 0 aliphatic carbocycles. The molecule has 50 valence electrons. The molecule has 8 heavy (non-hydrogen) atoms. The standard InChI is InChI=1S/C6H16NP/c1-4-5-6(8)7(2)3/h6H,4-5,8H2,1-3H3. The minimum atomic E-state index is 0.667. The van der Waals surface area contributed by atoms with Gasteiger partial charge < -0.3 is 4.90 Å². The van der Waals surface area contributed by atoms with Gasteiger partial charge in [0.1, 0.15) is 0 Å². The topological polar surface area (TPSA) is 3.24 Å². The summed E-state index contributed by atoms with van der Waals surface area (Å²) in [7, 11) is 7.03. The molecule has 2 unspecified atom stereocenters. The Hall–Kier alpha value is 0.390. The van der Waals surface area contributed by atoms with Crippen LogP contribution in [-0.4, -0.2) is 24.8 Å². The van der Waals surface area contributed by atoms with E-state index in [1.54, 1.807) is 0 Å². The second-order valence-corrected chi connectivity index (χ2v) is 3.09. The van der Waals surface area contributed by atoms with E-state index in [0.29, 0.717) is 5.78 Å². The van der Waals surface area contributed by atoms with E-state index >= 15 is 0 Å².